The van der Waals surface area contributed by atoms with Gasteiger partial charge in [-0.15, -0.1) is 5.10 Å². The van der Waals surface area contributed by atoms with Crippen molar-refractivity contribution in [3.05, 3.63) is 65.9 Å². The van der Waals surface area contributed by atoms with E-state index in [1.54, 1.807) is 41.6 Å². The first-order valence-corrected chi connectivity index (χ1v) is 14.6. The fourth-order valence-electron chi connectivity index (χ4n) is 6.01. The van der Waals surface area contributed by atoms with Crippen molar-refractivity contribution in [2.24, 2.45) is 11.8 Å². The number of aromatic nitrogens is 4. The summed E-state index contributed by atoms with van der Waals surface area (Å²) in [4.78, 5) is 48.4. The molecule has 226 valence electrons. The lowest BCUT2D eigenvalue weighted by atomic mass is 9.80. The van der Waals surface area contributed by atoms with Gasteiger partial charge in [0.15, 0.2) is 0 Å². The van der Waals surface area contributed by atoms with Gasteiger partial charge in [0.05, 0.1) is 37.4 Å². The zero-order valence-electron chi connectivity index (χ0n) is 23.7. The second kappa shape index (κ2) is 12.9. The van der Waals surface area contributed by atoms with E-state index in [2.05, 4.69) is 20.6 Å². The molecule has 2 saturated heterocycles. The average molecular weight is 592 g/mol. The molecule has 3 amide bonds. The highest BCUT2D eigenvalue weighted by Gasteiger charge is 2.37. The van der Waals surface area contributed by atoms with E-state index < -0.39 is 11.9 Å². The first-order valence-electron chi connectivity index (χ1n) is 14.6. The van der Waals surface area contributed by atoms with Crippen molar-refractivity contribution >= 4 is 17.7 Å². The molecule has 0 saturated carbocycles. The minimum absolute atomic E-state index is 0.0324. The van der Waals surface area contributed by atoms with E-state index in [1.165, 1.54) is 16.8 Å². The number of morpholine rings is 1. The molecular formula is C30H34FN7O5. The number of carbonyl (C=O) groups is 3. The van der Waals surface area contributed by atoms with E-state index in [9.17, 15) is 18.8 Å². The number of nitrogens with zero attached hydrogens (tertiary/aromatic N) is 6. The standard InChI is InChI=1S/C30H34FN7O5/c31-22-3-5-24(6-4-22)38-19-23(34-35-38)17-26-30(41)37-10-7-20(16-27(39)36-11-14-42-15-12-36)21(18-37)8-13-43-29-25(28(40)33-26)2-1-9-32-29/h1-6,9,19-21,26H,7-8,10-18H2,(H,33,40)/t20-,21-,26+/m0/s1. The van der Waals surface area contributed by atoms with E-state index >= 15 is 0 Å². The van der Waals surface area contributed by atoms with Gasteiger partial charge in [-0.1, -0.05) is 5.21 Å². The topological polar surface area (TPSA) is 132 Å². The molecule has 13 heteroatoms. The van der Waals surface area contributed by atoms with Crippen LogP contribution in [0.25, 0.3) is 5.69 Å². The van der Waals surface area contributed by atoms with Gasteiger partial charge in [-0.3, -0.25) is 14.4 Å². The first-order chi connectivity index (χ1) is 20.9. The molecule has 1 aromatic carbocycles. The number of hydrogen-bond acceptors (Lipinski definition) is 8. The molecule has 2 bridgehead atoms. The van der Waals surface area contributed by atoms with Crippen LogP contribution in [-0.4, -0.2) is 99.5 Å². The summed E-state index contributed by atoms with van der Waals surface area (Å²) in [6.45, 7) is 3.53. The van der Waals surface area contributed by atoms with Crippen molar-refractivity contribution < 1.29 is 28.2 Å². The first kappa shape index (κ1) is 28.7. The van der Waals surface area contributed by atoms with Gasteiger partial charge in [0.1, 0.15) is 17.4 Å². The molecule has 0 spiro atoms. The van der Waals surface area contributed by atoms with Crippen LogP contribution in [0.1, 0.15) is 35.3 Å². The lowest BCUT2D eigenvalue weighted by Gasteiger charge is -2.41. The Morgan fingerprint density at radius 2 is 1.86 bits per heavy atom. The summed E-state index contributed by atoms with van der Waals surface area (Å²) in [5, 5.41) is 11.2. The maximum atomic E-state index is 14.0. The molecule has 2 fully saturated rings. The zero-order valence-corrected chi connectivity index (χ0v) is 23.7. The van der Waals surface area contributed by atoms with Gasteiger partial charge in [0.2, 0.25) is 17.7 Å². The van der Waals surface area contributed by atoms with Crippen LogP contribution in [0.4, 0.5) is 4.39 Å². The Morgan fingerprint density at radius 1 is 1.05 bits per heavy atom. The fourth-order valence-corrected chi connectivity index (χ4v) is 6.01. The van der Waals surface area contributed by atoms with Crippen LogP contribution < -0.4 is 10.1 Å². The van der Waals surface area contributed by atoms with E-state index in [0.29, 0.717) is 76.6 Å². The molecule has 6 rings (SSSR count). The molecule has 0 unspecified atom stereocenters. The highest BCUT2D eigenvalue weighted by molar-refractivity contribution is 5.99. The number of benzene rings is 1. The summed E-state index contributed by atoms with van der Waals surface area (Å²) in [5.41, 5.74) is 1.33. The number of piperidine rings is 1. The summed E-state index contributed by atoms with van der Waals surface area (Å²) in [6, 6.07) is 8.14. The molecule has 12 nitrogen and oxygen atoms in total. The summed E-state index contributed by atoms with van der Waals surface area (Å²) in [5.74, 6) is -0.626. The maximum Gasteiger partial charge on any atom is 0.257 e. The summed E-state index contributed by atoms with van der Waals surface area (Å²) < 4.78 is 26.3. The Kier molecular flexibility index (Phi) is 8.59. The van der Waals surface area contributed by atoms with Gasteiger partial charge in [-0.25, -0.2) is 14.1 Å². The van der Waals surface area contributed by atoms with E-state index in [4.69, 9.17) is 9.47 Å². The van der Waals surface area contributed by atoms with Crippen molar-refractivity contribution in [1.29, 1.82) is 0 Å². The molecule has 3 atom stereocenters. The Bertz CT molecular complexity index is 1460. The molecular weight excluding hydrogens is 557 g/mol. The second-order valence-electron chi connectivity index (χ2n) is 11.1. The van der Waals surface area contributed by atoms with Crippen molar-refractivity contribution in [2.45, 2.75) is 31.7 Å². The molecule has 2 aromatic heterocycles. The normalized spacial score (nSPS) is 23.0. The van der Waals surface area contributed by atoms with E-state index in [0.717, 1.165) is 0 Å². The molecule has 43 heavy (non-hydrogen) atoms. The third-order valence-corrected chi connectivity index (χ3v) is 8.40. The predicted molar refractivity (Wildman–Crippen MR) is 151 cm³/mol. The smallest absolute Gasteiger partial charge is 0.257 e. The Balaban J connectivity index is 1.24. The molecule has 1 N–H and O–H groups in total. The van der Waals surface area contributed by atoms with Crippen molar-refractivity contribution in [3.8, 4) is 11.6 Å². The monoisotopic (exact) mass is 591 g/mol. The van der Waals surface area contributed by atoms with Crippen LogP contribution in [0.15, 0.2) is 48.8 Å². The highest BCUT2D eigenvalue weighted by Crippen LogP contribution is 2.31. The lowest BCUT2D eigenvalue weighted by molar-refractivity contribution is -0.139. The number of carbonyl (C=O) groups excluding carboxylic acids is 3. The lowest BCUT2D eigenvalue weighted by Crippen LogP contribution is -2.54. The summed E-state index contributed by atoms with van der Waals surface area (Å²) in [6.07, 6.45) is 5.01. The van der Waals surface area contributed by atoms with Gasteiger partial charge in [-0.2, -0.15) is 0 Å². The van der Waals surface area contributed by atoms with E-state index in [-0.39, 0.29) is 47.3 Å². The van der Waals surface area contributed by atoms with Gasteiger partial charge >= 0.3 is 0 Å². The van der Waals surface area contributed by atoms with Crippen LogP contribution in [0.2, 0.25) is 0 Å². The minimum atomic E-state index is -0.925. The van der Waals surface area contributed by atoms with Crippen LogP contribution >= 0.6 is 0 Å². The number of fused-ring (bicyclic) bond motifs is 3. The van der Waals surface area contributed by atoms with Gasteiger partial charge in [0, 0.05) is 45.2 Å². The van der Waals surface area contributed by atoms with Crippen LogP contribution in [0.5, 0.6) is 5.88 Å². The minimum Gasteiger partial charge on any atom is -0.477 e. The number of hydrogen-bond donors (Lipinski definition) is 1. The number of ether oxygens (including phenoxy) is 2. The third kappa shape index (κ3) is 6.66. The van der Waals surface area contributed by atoms with Gasteiger partial charge in [0.25, 0.3) is 5.91 Å². The molecule has 3 aromatic rings. The van der Waals surface area contributed by atoms with Crippen LogP contribution in [0, 0.1) is 17.7 Å². The maximum absolute atomic E-state index is 14.0. The zero-order chi connectivity index (χ0) is 29.8. The largest absolute Gasteiger partial charge is 0.477 e. The van der Waals surface area contributed by atoms with Crippen LogP contribution in [0.3, 0.4) is 0 Å². The molecule has 3 aliphatic heterocycles. The highest BCUT2D eigenvalue weighted by atomic mass is 19.1. The number of halogens is 1. The van der Waals surface area contributed by atoms with Gasteiger partial charge in [-0.05, 0) is 61.1 Å². The second-order valence-corrected chi connectivity index (χ2v) is 11.1. The van der Waals surface area contributed by atoms with Crippen molar-refractivity contribution in [3.63, 3.8) is 0 Å². The van der Waals surface area contributed by atoms with E-state index in [1.807, 2.05) is 4.90 Å². The summed E-state index contributed by atoms with van der Waals surface area (Å²) in [7, 11) is 0. The van der Waals surface area contributed by atoms with Crippen LogP contribution in [-0.2, 0) is 20.7 Å². The Morgan fingerprint density at radius 3 is 2.67 bits per heavy atom. The SMILES string of the molecule is O=C1N[C@H](Cc2cn(-c3ccc(F)cc3)nn2)C(=O)N2CC[C@@H](CC(=O)N3CCOCC3)[C@@H](CCOc3ncccc31)C2. The summed E-state index contributed by atoms with van der Waals surface area (Å²) >= 11 is 0. The number of amides is 3. The number of pyridine rings is 1. The molecule has 3 aliphatic rings. The third-order valence-electron chi connectivity index (χ3n) is 8.40. The Labute approximate surface area is 248 Å². The molecule has 0 radical (unpaired) electrons. The number of nitrogens with one attached hydrogen (secondary N) is 1. The Hall–Kier alpha value is -4.39. The predicted octanol–water partition coefficient (Wildman–Crippen LogP) is 1.64. The van der Waals surface area contributed by atoms with Gasteiger partial charge < -0.3 is 24.6 Å². The average Bonchev–Trinajstić information content (AvgIpc) is 3.50. The molecule has 0 aliphatic carbocycles. The molecule has 5 heterocycles. The number of rotatable bonds is 5. The quantitative estimate of drug-likeness (QED) is 0.474. The van der Waals surface area contributed by atoms with Crippen molar-refractivity contribution in [1.82, 2.24) is 35.1 Å². The van der Waals surface area contributed by atoms with Crippen molar-refractivity contribution in [2.75, 3.05) is 46.0 Å². The fraction of sp³-hybridized carbons (Fsp3) is 0.467.